The highest BCUT2D eigenvalue weighted by Gasteiger charge is 2.30. The van der Waals surface area contributed by atoms with Crippen molar-refractivity contribution in [2.24, 2.45) is 0 Å². The summed E-state index contributed by atoms with van der Waals surface area (Å²) in [5, 5.41) is 13.7. The lowest BCUT2D eigenvalue weighted by atomic mass is 9.85. The zero-order valence-corrected chi connectivity index (χ0v) is 19.3. The van der Waals surface area contributed by atoms with Gasteiger partial charge in [0.15, 0.2) is 0 Å². The molecular weight excluding hydrogens is 388 g/mol. The van der Waals surface area contributed by atoms with Crippen LogP contribution in [-0.4, -0.2) is 49.5 Å². The van der Waals surface area contributed by atoms with Crippen LogP contribution in [0.15, 0.2) is 60.0 Å². The first-order chi connectivity index (χ1) is 14.5. The fourth-order valence-electron chi connectivity index (χ4n) is 4.28. The van der Waals surface area contributed by atoms with E-state index >= 15 is 0 Å². The summed E-state index contributed by atoms with van der Waals surface area (Å²) in [7, 11) is 2.22. The number of likely N-dealkylation sites (tertiary alicyclic amines) is 1. The van der Waals surface area contributed by atoms with Crippen LogP contribution in [0.1, 0.15) is 48.3 Å². The van der Waals surface area contributed by atoms with Gasteiger partial charge in [0.05, 0.1) is 5.60 Å². The Labute approximate surface area is 186 Å². The molecule has 30 heavy (non-hydrogen) atoms. The van der Waals surface area contributed by atoms with E-state index < -0.39 is 5.60 Å². The molecule has 0 amide bonds. The van der Waals surface area contributed by atoms with Crippen LogP contribution in [0.2, 0.25) is 0 Å². The lowest BCUT2D eigenvalue weighted by Gasteiger charge is -2.33. The molecule has 4 rings (SSSR count). The van der Waals surface area contributed by atoms with Crippen LogP contribution >= 0.6 is 11.8 Å². The highest BCUT2D eigenvalue weighted by atomic mass is 32.2. The first-order valence-electron chi connectivity index (χ1n) is 11.0. The Morgan fingerprint density at radius 1 is 1.03 bits per heavy atom. The van der Waals surface area contributed by atoms with Crippen LogP contribution < -0.4 is 5.32 Å². The van der Waals surface area contributed by atoms with Crippen LogP contribution in [0, 0.1) is 0 Å². The number of hydrogen-bond donors (Lipinski definition) is 2. The smallest absolute Gasteiger partial charge is 0.0920 e. The second-order valence-electron chi connectivity index (χ2n) is 8.46. The van der Waals surface area contributed by atoms with Crippen LogP contribution in [0.25, 0.3) is 6.08 Å². The Balaban J connectivity index is 0.000000171. The molecule has 2 aliphatic rings. The summed E-state index contributed by atoms with van der Waals surface area (Å²) >= 11 is 1.82. The molecular formula is C26H36N2OS. The molecule has 3 nitrogen and oxygen atoms in total. The number of rotatable bonds is 4. The average Bonchev–Trinajstić information content (AvgIpc) is 2.81. The number of nitrogens with zero attached hydrogens (tertiary/aromatic N) is 1. The lowest BCUT2D eigenvalue weighted by molar-refractivity contribution is 0.00594. The highest BCUT2D eigenvalue weighted by molar-refractivity contribution is 7.98. The van der Waals surface area contributed by atoms with E-state index in [1.807, 2.05) is 42.1 Å². The fraction of sp³-hybridized carbons (Fsp3) is 0.462. The van der Waals surface area contributed by atoms with Gasteiger partial charge in [0.1, 0.15) is 0 Å². The zero-order chi connectivity index (χ0) is 21.4. The number of aliphatic hydroxyl groups is 1. The molecule has 0 radical (unpaired) electrons. The molecule has 0 unspecified atom stereocenters. The average molecular weight is 425 g/mol. The van der Waals surface area contributed by atoms with Crippen molar-refractivity contribution in [1.82, 2.24) is 10.2 Å². The third-order valence-electron chi connectivity index (χ3n) is 6.42. The summed E-state index contributed by atoms with van der Waals surface area (Å²) in [6, 6.07) is 17.1. The summed E-state index contributed by atoms with van der Waals surface area (Å²) in [6.07, 6.45) is 8.16. The SMILES string of the molecule is C=Cc1ccc(C2(O)CCNCC2)cc1.CSc1ccc(C2CCN(C)CC2)cc1. The van der Waals surface area contributed by atoms with Crippen LogP contribution in [0.5, 0.6) is 0 Å². The van der Waals surface area contributed by atoms with Gasteiger partial charge in [-0.05, 0) is 99.9 Å². The minimum atomic E-state index is -0.634. The van der Waals surface area contributed by atoms with Crippen LogP contribution in [0.3, 0.4) is 0 Å². The maximum absolute atomic E-state index is 10.4. The normalized spacial score (nSPS) is 19.6. The van der Waals surface area contributed by atoms with Crippen molar-refractivity contribution in [2.45, 2.75) is 42.1 Å². The van der Waals surface area contributed by atoms with Gasteiger partial charge in [-0.3, -0.25) is 0 Å². The standard InChI is InChI=1S/C13H17NO.C13H19NS/c1-2-11-3-5-12(6-4-11)13(15)7-9-14-10-8-13;1-14-9-7-12(8-10-14)11-3-5-13(15-2)6-4-11/h2-6,14-15H,1,7-10H2;3-6,12H,7-10H2,1-2H3. The summed E-state index contributed by atoms with van der Waals surface area (Å²) in [5.41, 5.74) is 3.01. The quantitative estimate of drug-likeness (QED) is 0.668. The first kappa shape index (κ1) is 23.1. The number of thioether (sulfide) groups is 1. The Morgan fingerprint density at radius 2 is 1.63 bits per heavy atom. The molecule has 2 aromatic carbocycles. The Kier molecular flexibility index (Phi) is 8.58. The van der Waals surface area contributed by atoms with Gasteiger partial charge in [0.2, 0.25) is 0 Å². The Bertz CT molecular complexity index is 774. The molecule has 0 aliphatic carbocycles. The summed E-state index contributed by atoms with van der Waals surface area (Å²) < 4.78 is 0. The van der Waals surface area contributed by atoms with Gasteiger partial charge < -0.3 is 15.3 Å². The molecule has 0 atom stereocenters. The molecule has 0 bridgehead atoms. The molecule has 4 heteroatoms. The molecule has 162 valence electrons. The number of hydrogen-bond acceptors (Lipinski definition) is 4. The van der Waals surface area contributed by atoms with E-state index in [0.717, 1.165) is 43.0 Å². The highest BCUT2D eigenvalue weighted by Crippen LogP contribution is 2.30. The molecule has 0 aromatic heterocycles. The summed E-state index contributed by atoms with van der Waals surface area (Å²) in [5.74, 6) is 0.789. The molecule has 0 saturated carbocycles. The second kappa shape index (κ2) is 11.1. The van der Waals surface area contributed by atoms with E-state index in [2.05, 4.69) is 54.4 Å². The van der Waals surface area contributed by atoms with Crippen molar-refractivity contribution in [1.29, 1.82) is 0 Å². The van der Waals surface area contributed by atoms with Gasteiger partial charge >= 0.3 is 0 Å². The minimum Gasteiger partial charge on any atom is -0.385 e. The number of nitrogens with one attached hydrogen (secondary N) is 1. The van der Waals surface area contributed by atoms with Crippen molar-refractivity contribution < 1.29 is 5.11 Å². The predicted molar refractivity (Wildman–Crippen MR) is 130 cm³/mol. The third kappa shape index (κ3) is 6.21. The van der Waals surface area contributed by atoms with E-state index in [1.54, 1.807) is 0 Å². The Morgan fingerprint density at radius 3 is 2.17 bits per heavy atom. The van der Waals surface area contributed by atoms with Crippen molar-refractivity contribution >= 4 is 17.8 Å². The van der Waals surface area contributed by atoms with Crippen LogP contribution in [0.4, 0.5) is 0 Å². The molecule has 2 aliphatic heterocycles. The second-order valence-corrected chi connectivity index (χ2v) is 9.34. The lowest BCUT2D eigenvalue weighted by Crippen LogP contribution is -2.39. The van der Waals surface area contributed by atoms with E-state index in [0.29, 0.717) is 0 Å². The van der Waals surface area contributed by atoms with Crippen LogP contribution in [-0.2, 0) is 5.60 Å². The maximum Gasteiger partial charge on any atom is 0.0920 e. The van der Waals surface area contributed by atoms with Gasteiger partial charge in [-0.15, -0.1) is 11.8 Å². The molecule has 0 spiro atoms. The van der Waals surface area contributed by atoms with Crippen molar-refractivity contribution in [3.05, 3.63) is 71.8 Å². The topological polar surface area (TPSA) is 35.5 Å². The van der Waals surface area contributed by atoms with E-state index in [4.69, 9.17) is 0 Å². The third-order valence-corrected chi connectivity index (χ3v) is 7.16. The summed E-state index contributed by atoms with van der Waals surface area (Å²) in [6.45, 7) is 7.99. The molecule has 2 saturated heterocycles. The molecule has 2 fully saturated rings. The first-order valence-corrected chi connectivity index (χ1v) is 12.2. The van der Waals surface area contributed by atoms with E-state index in [1.165, 1.54) is 36.4 Å². The largest absolute Gasteiger partial charge is 0.385 e. The zero-order valence-electron chi connectivity index (χ0n) is 18.4. The fourth-order valence-corrected chi connectivity index (χ4v) is 4.68. The van der Waals surface area contributed by atoms with Crippen molar-refractivity contribution in [3.63, 3.8) is 0 Å². The van der Waals surface area contributed by atoms with Gasteiger partial charge in [0, 0.05) is 4.90 Å². The van der Waals surface area contributed by atoms with Gasteiger partial charge in [-0.2, -0.15) is 0 Å². The number of piperidine rings is 2. The molecule has 2 N–H and O–H groups in total. The van der Waals surface area contributed by atoms with Crippen molar-refractivity contribution in [2.75, 3.05) is 39.5 Å². The summed E-state index contributed by atoms with van der Waals surface area (Å²) in [4.78, 5) is 3.79. The monoisotopic (exact) mass is 424 g/mol. The predicted octanol–water partition coefficient (Wildman–Crippen LogP) is 5.12. The minimum absolute atomic E-state index is 0.634. The maximum atomic E-state index is 10.4. The molecule has 2 aromatic rings. The van der Waals surface area contributed by atoms with Gasteiger partial charge in [0.25, 0.3) is 0 Å². The number of benzene rings is 2. The Hall–Kier alpha value is -1.59. The van der Waals surface area contributed by atoms with Gasteiger partial charge in [-0.25, -0.2) is 0 Å². The molecule has 2 heterocycles. The van der Waals surface area contributed by atoms with E-state index in [-0.39, 0.29) is 0 Å². The van der Waals surface area contributed by atoms with Gasteiger partial charge in [-0.1, -0.05) is 49.1 Å². The van der Waals surface area contributed by atoms with Crippen molar-refractivity contribution in [3.8, 4) is 0 Å². The van der Waals surface area contributed by atoms with E-state index in [9.17, 15) is 5.11 Å².